The molecular formula is C26H25N7O4. The first-order chi connectivity index (χ1) is 18.0. The third-order valence-electron chi connectivity index (χ3n) is 6.42. The van der Waals surface area contributed by atoms with Gasteiger partial charge in [0.05, 0.1) is 34.8 Å². The van der Waals surface area contributed by atoms with E-state index in [0.29, 0.717) is 66.3 Å². The first-order valence-corrected chi connectivity index (χ1v) is 12.1. The number of esters is 1. The van der Waals surface area contributed by atoms with Crippen LogP contribution in [-0.4, -0.2) is 50.7 Å². The average molecular weight is 500 g/mol. The number of benzene rings is 2. The Hall–Kier alpha value is -4.72. The number of hydrogen-bond acceptors (Lipinski definition) is 8. The van der Waals surface area contributed by atoms with Gasteiger partial charge in [-0.3, -0.25) is 9.59 Å². The van der Waals surface area contributed by atoms with Crippen LogP contribution in [-0.2, 0) is 20.9 Å². The number of nitrogens with zero attached hydrogens (tertiary/aromatic N) is 6. The minimum atomic E-state index is -0.484. The van der Waals surface area contributed by atoms with Gasteiger partial charge in [0.25, 0.3) is 0 Å². The molecule has 0 saturated carbocycles. The maximum Gasteiger partial charge on any atom is 0.351 e. The maximum atomic E-state index is 13.4. The Morgan fingerprint density at radius 2 is 1.86 bits per heavy atom. The highest BCUT2D eigenvalue weighted by Crippen LogP contribution is 2.27. The van der Waals surface area contributed by atoms with Gasteiger partial charge in [-0.15, -0.1) is 5.10 Å². The van der Waals surface area contributed by atoms with Crippen molar-refractivity contribution in [3.05, 3.63) is 64.6 Å². The van der Waals surface area contributed by atoms with Crippen molar-refractivity contribution < 1.29 is 14.3 Å². The van der Waals surface area contributed by atoms with Crippen molar-refractivity contribution in [3.8, 4) is 6.07 Å². The zero-order chi connectivity index (χ0) is 25.9. The number of ether oxygens (including phenoxy) is 1. The van der Waals surface area contributed by atoms with E-state index in [1.807, 2.05) is 29.2 Å². The number of amides is 1. The third-order valence-corrected chi connectivity index (χ3v) is 6.42. The van der Waals surface area contributed by atoms with Crippen LogP contribution >= 0.6 is 0 Å². The molecule has 0 bridgehead atoms. The Morgan fingerprint density at radius 3 is 2.62 bits per heavy atom. The lowest BCUT2D eigenvalue weighted by Crippen LogP contribution is -2.37. The molecule has 0 unspecified atom stereocenters. The number of aromatic nitrogens is 4. The van der Waals surface area contributed by atoms with Crippen LogP contribution in [0.5, 0.6) is 0 Å². The molecule has 2 aromatic heterocycles. The van der Waals surface area contributed by atoms with Crippen molar-refractivity contribution in [2.45, 2.75) is 26.3 Å². The van der Waals surface area contributed by atoms with Crippen molar-refractivity contribution in [1.82, 2.24) is 19.2 Å². The number of nitrogens with one attached hydrogen (secondary N) is 1. The summed E-state index contributed by atoms with van der Waals surface area (Å²) in [6.45, 7) is 2.91. The molecule has 11 heteroatoms. The molecule has 0 radical (unpaired) electrons. The fourth-order valence-electron chi connectivity index (χ4n) is 4.60. The van der Waals surface area contributed by atoms with Crippen molar-refractivity contribution >= 4 is 40.1 Å². The van der Waals surface area contributed by atoms with Crippen molar-refractivity contribution in [2.75, 3.05) is 29.9 Å². The molecule has 3 heterocycles. The monoisotopic (exact) mass is 499 g/mol. The molecule has 0 aliphatic carbocycles. The van der Waals surface area contributed by atoms with E-state index in [9.17, 15) is 19.6 Å². The third kappa shape index (κ3) is 4.61. The molecule has 1 aliphatic heterocycles. The molecule has 11 nitrogen and oxygen atoms in total. The number of anilines is 2. The van der Waals surface area contributed by atoms with Gasteiger partial charge in [0, 0.05) is 13.1 Å². The smallest absolute Gasteiger partial charge is 0.351 e. The Kier molecular flexibility index (Phi) is 6.55. The van der Waals surface area contributed by atoms with Crippen LogP contribution in [0.25, 0.3) is 16.7 Å². The summed E-state index contributed by atoms with van der Waals surface area (Å²) in [5.41, 5.74) is 1.75. The van der Waals surface area contributed by atoms with E-state index in [2.05, 4.69) is 10.4 Å². The second kappa shape index (κ2) is 10.1. The van der Waals surface area contributed by atoms with E-state index >= 15 is 0 Å². The van der Waals surface area contributed by atoms with Crippen LogP contribution in [0, 0.1) is 17.2 Å². The predicted molar refractivity (Wildman–Crippen MR) is 136 cm³/mol. The molecule has 1 saturated heterocycles. The van der Waals surface area contributed by atoms with Crippen LogP contribution in [0.2, 0.25) is 0 Å². The van der Waals surface area contributed by atoms with E-state index in [0.717, 1.165) is 4.68 Å². The fraction of sp³-hybridized carbons (Fsp3) is 0.308. The van der Waals surface area contributed by atoms with Crippen LogP contribution in [0.3, 0.4) is 0 Å². The molecule has 2 aromatic carbocycles. The number of carbonyl (C=O) groups is 2. The number of rotatable bonds is 6. The second-order valence-corrected chi connectivity index (χ2v) is 8.74. The van der Waals surface area contributed by atoms with E-state index in [1.54, 1.807) is 37.3 Å². The highest BCUT2D eigenvalue weighted by atomic mass is 16.5. The predicted octanol–water partition coefficient (Wildman–Crippen LogP) is 2.33. The maximum absolute atomic E-state index is 13.4. The van der Waals surface area contributed by atoms with Gasteiger partial charge in [0.1, 0.15) is 12.6 Å². The normalized spacial score (nSPS) is 14.0. The van der Waals surface area contributed by atoms with Gasteiger partial charge in [-0.25, -0.2) is 18.9 Å². The molecule has 1 N–H and O–H groups in total. The summed E-state index contributed by atoms with van der Waals surface area (Å²) < 4.78 is 7.74. The molecule has 1 amide bonds. The number of hydrogen-bond donors (Lipinski definition) is 1. The highest BCUT2D eigenvalue weighted by molar-refractivity contribution is 5.92. The summed E-state index contributed by atoms with van der Waals surface area (Å²) >= 11 is 0. The minimum absolute atomic E-state index is 0.174. The zero-order valence-corrected chi connectivity index (χ0v) is 20.3. The Balaban J connectivity index is 1.48. The number of nitriles is 1. The Labute approximate surface area is 211 Å². The highest BCUT2D eigenvalue weighted by Gasteiger charge is 2.29. The lowest BCUT2D eigenvalue weighted by atomic mass is 9.97. The summed E-state index contributed by atoms with van der Waals surface area (Å²) in [6.07, 6.45) is 1.20. The zero-order valence-electron chi connectivity index (χ0n) is 20.3. The number of piperidine rings is 1. The first kappa shape index (κ1) is 24.0. The van der Waals surface area contributed by atoms with Gasteiger partial charge >= 0.3 is 11.7 Å². The molecular weight excluding hydrogens is 474 g/mol. The number of para-hydroxylation sites is 3. The van der Waals surface area contributed by atoms with Crippen molar-refractivity contribution in [1.29, 1.82) is 5.26 Å². The van der Waals surface area contributed by atoms with Gasteiger partial charge in [-0.2, -0.15) is 5.26 Å². The summed E-state index contributed by atoms with van der Waals surface area (Å²) in [7, 11) is 0. The number of carbonyl (C=O) groups excluding carboxylic acids is 2. The van der Waals surface area contributed by atoms with Gasteiger partial charge in [-0.1, -0.05) is 24.3 Å². The van der Waals surface area contributed by atoms with Gasteiger partial charge in [0.2, 0.25) is 11.6 Å². The molecule has 0 atom stereocenters. The SMILES string of the molecule is CCOC(=O)C1CCN(c2nc3ccccc3n3c(=O)n(CC(=O)Nc4ccccc4C#N)nc23)CC1. The lowest BCUT2D eigenvalue weighted by molar-refractivity contribution is -0.148. The summed E-state index contributed by atoms with van der Waals surface area (Å²) in [4.78, 5) is 45.2. The topological polar surface area (TPSA) is 135 Å². The molecule has 37 heavy (non-hydrogen) atoms. The largest absolute Gasteiger partial charge is 0.466 e. The minimum Gasteiger partial charge on any atom is -0.466 e. The summed E-state index contributed by atoms with van der Waals surface area (Å²) in [5.74, 6) is -0.329. The second-order valence-electron chi connectivity index (χ2n) is 8.74. The Bertz CT molecular complexity index is 1590. The van der Waals surface area contributed by atoms with Crippen LogP contribution in [0.15, 0.2) is 53.3 Å². The molecule has 4 aromatic rings. The van der Waals surface area contributed by atoms with Gasteiger partial charge < -0.3 is 15.0 Å². The van der Waals surface area contributed by atoms with Crippen LogP contribution in [0.1, 0.15) is 25.3 Å². The summed E-state index contributed by atoms with van der Waals surface area (Å²) in [6, 6.07) is 15.9. The van der Waals surface area contributed by atoms with Crippen molar-refractivity contribution in [2.24, 2.45) is 5.92 Å². The standard InChI is InChI=1S/C26H25N7O4/c1-2-37-25(35)17-11-13-31(14-12-17)23-24-30-32(16-22(34)28-19-8-4-3-7-18(19)15-27)26(36)33(24)21-10-6-5-9-20(21)29-23/h3-10,17H,2,11-14,16H2,1H3,(H,28,34). The lowest BCUT2D eigenvalue weighted by Gasteiger charge is -2.31. The summed E-state index contributed by atoms with van der Waals surface area (Å²) in [5, 5.41) is 16.5. The molecule has 1 fully saturated rings. The fourth-order valence-corrected chi connectivity index (χ4v) is 4.60. The van der Waals surface area contributed by atoms with E-state index in [-0.39, 0.29) is 18.4 Å². The van der Waals surface area contributed by atoms with Gasteiger partial charge in [0.15, 0.2) is 5.82 Å². The quantitative estimate of drug-likeness (QED) is 0.400. The van der Waals surface area contributed by atoms with E-state index in [1.165, 1.54) is 4.40 Å². The van der Waals surface area contributed by atoms with Crippen molar-refractivity contribution in [3.63, 3.8) is 0 Å². The Morgan fingerprint density at radius 1 is 1.14 bits per heavy atom. The molecule has 5 rings (SSSR count). The van der Waals surface area contributed by atoms with E-state index in [4.69, 9.17) is 9.72 Å². The molecule has 1 aliphatic rings. The molecule has 0 spiro atoms. The first-order valence-electron chi connectivity index (χ1n) is 12.1. The van der Waals surface area contributed by atoms with E-state index < -0.39 is 11.6 Å². The van der Waals surface area contributed by atoms with Crippen LogP contribution < -0.4 is 15.9 Å². The average Bonchev–Trinajstić information content (AvgIpc) is 3.24. The van der Waals surface area contributed by atoms with Gasteiger partial charge in [-0.05, 0) is 44.0 Å². The van der Waals surface area contributed by atoms with Crippen LogP contribution in [0.4, 0.5) is 11.5 Å². The molecule has 188 valence electrons. The number of fused-ring (bicyclic) bond motifs is 3.